The molecule has 56 valence electrons. The van der Waals surface area contributed by atoms with Crippen LogP contribution in [0.2, 0.25) is 0 Å². The van der Waals surface area contributed by atoms with Crippen molar-refractivity contribution >= 4 is 6.08 Å². The summed E-state index contributed by atoms with van der Waals surface area (Å²) < 4.78 is 0. The second kappa shape index (κ2) is 3.62. The largest absolute Gasteiger partial charge is 0.509 e. The number of aliphatic hydroxyl groups is 1. The first-order valence-electron chi connectivity index (χ1n) is 3.40. The van der Waals surface area contributed by atoms with Crippen molar-refractivity contribution < 1.29 is 5.11 Å². The van der Waals surface area contributed by atoms with Crippen LogP contribution in [-0.4, -0.2) is 5.11 Å². The van der Waals surface area contributed by atoms with Crippen molar-refractivity contribution in [3.63, 3.8) is 0 Å². The molecule has 0 spiro atoms. The second-order valence-electron chi connectivity index (χ2n) is 2.24. The summed E-state index contributed by atoms with van der Waals surface area (Å²) in [6.45, 7) is 3.34. The first-order chi connectivity index (χ1) is 5.29. The highest BCUT2D eigenvalue weighted by atomic mass is 16.3. The zero-order valence-corrected chi connectivity index (χ0v) is 6.20. The Morgan fingerprint density at radius 1 is 1.27 bits per heavy atom. The summed E-state index contributed by atoms with van der Waals surface area (Å²) in [6, 6.07) is 9.75. The molecule has 0 amide bonds. The van der Waals surface area contributed by atoms with Crippen LogP contribution in [-0.2, 0) is 0 Å². The second-order valence-corrected chi connectivity index (χ2v) is 2.24. The molecule has 0 radical (unpaired) electrons. The van der Waals surface area contributed by atoms with Crippen LogP contribution in [0.15, 0.2) is 48.7 Å². The summed E-state index contributed by atoms with van der Waals surface area (Å²) in [5.74, 6) is 0.0776. The first kappa shape index (κ1) is 7.61. The van der Waals surface area contributed by atoms with Gasteiger partial charge in [-0.2, -0.15) is 0 Å². The number of hydrogen-bond acceptors (Lipinski definition) is 1. The van der Waals surface area contributed by atoms with E-state index in [1.54, 1.807) is 6.08 Å². The summed E-state index contributed by atoms with van der Waals surface area (Å²) >= 11 is 0. The molecule has 0 aliphatic carbocycles. The van der Waals surface area contributed by atoms with E-state index in [4.69, 9.17) is 5.11 Å². The fraction of sp³-hybridized carbons (Fsp3) is 0. The van der Waals surface area contributed by atoms with Gasteiger partial charge in [-0.3, -0.25) is 0 Å². The van der Waals surface area contributed by atoms with E-state index in [-0.39, 0.29) is 5.76 Å². The molecule has 1 aromatic rings. The molecule has 1 heteroatoms. The highest BCUT2D eigenvalue weighted by Crippen LogP contribution is 2.01. The highest BCUT2D eigenvalue weighted by molar-refractivity contribution is 5.51. The van der Waals surface area contributed by atoms with Gasteiger partial charge in [-0.15, -0.1) is 0 Å². The van der Waals surface area contributed by atoms with Crippen LogP contribution in [0.5, 0.6) is 0 Å². The SMILES string of the molecule is C=C(O)C=Cc1ccccc1. The zero-order chi connectivity index (χ0) is 8.10. The average molecular weight is 146 g/mol. The van der Waals surface area contributed by atoms with Crippen LogP contribution < -0.4 is 0 Å². The number of aliphatic hydroxyl groups excluding tert-OH is 1. The third kappa shape index (κ3) is 2.72. The molecule has 1 aromatic carbocycles. The van der Waals surface area contributed by atoms with Crippen molar-refractivity contribution in [3.8, 4) is 0 Å². The minimum atomic E-state index is 0.0776. The maximum atomic E-state index is 8.73. The fourth-order valence-corrected chi connectivity index (χ4v) is 0.757. The molecule has 0 fully saturated rings. The Bertz CT molecular complexity index is 259. The summed E-state index contributed by atoms with van der Waals surface area (Å²) in [6.07, 6.45) is 3.37. The molecule has 0 aliphatic rings. The monoisotopic (exact) mass is 146 g/mol. The van der Waals surface area contributed by atoms with Crippen molar-refractivity contribution in [2.75, 3.05) is 0 Å². The molecule has 1 nitrogen and oxygen atoms in total. The van der Waals surface area contributed by atoms with E-state index in [1.165, 1.54) is 0 Å². The van der Waals surface area contributed by atoms with E-state index in [2.05, 4.69) is 6.58 Å². The quantitative estimate of drug-likeness (QED) is 0.502. The third-order valence-electron chi connectivity index (χ3n) is 1.27. The van der Waals surface area contributed by atoms with Gasteiger partial charge in [-0.25, -0.2) is 0 Å². The topological polar surface area (TPSA) is 20.2 Å². The summed E-state index contributed by atoms with van der Waals surface area (Å²) in [4.78, 5) is 0. The van der Waals surface area contributed by atoms with E-state index in [0.29, 0.717) is 0 Å². The van der Waals surface area contributed by atoms with Crippen LogP contribution in [0.4, 0.5) is 0 Å². The van der Waals surface area contributed by atoms with E-state index in [0.717, 1.165) is 5.56 Å². The van der Waals surface area contributed by atoms with E-state index in [1.807, 2.05) is 36.4 Å². The number of benzene rings is 1. The Morgan fingerprint density at radius 3 is 2.45 bits per heavy atom. The number of hydrogen-bond donors (Lipinski definition) is 1. The molecule has 0 unspecified atom stereocenters. The maximum absolute atomic E-state index is 8.73. The van der Waals surface area contributed by atoms with Crippen LogP contribution in [0.1, 0.15) is 5.56 Å². The molecule has 0 aliphatic heterocycles. The summed E-state index contributed by atoms with van der Waals surface area (Å²) in [5.41, 5.74) is 1.06. The molecule has 0 aromatic heterocycles. The van der Waals surface area contributed by atoms with Gasteiger partial charge in [0.1, 0.15) is 5.76 Å². The summed E-state index contributed by atoms with van der Waals surface area (Å²) in [7, 11) is 0. The fourth-order valence-electron chi connectivity index (χ4n) is 0.757. The van der Waals surface area contributed by atoms with Gasteiger partial charge in [-0.1, -0.05) is 43.0 Å². The number of rotatable bonds is 2. The first-order valence-corrected chi connectivity index (χ1v) is 3.40. The molecule has 0 heterocycles. The van der Waals surface area contributed by atoms with Crippen molar-refractivity contribution in [3.05, 3.63) is 54.3 Å². The predicted molar refractivity (Wildman–Crippen MR) is 47.2 cm³/mol. The molecule has 1 rings (SSSR count). The molecular weight excluding hydrogens is 136 g/mol. The van der Waals surface area contributed by atoms with E-state index >= 15 is 0 Å². The van der Waals surface area contributed by atoms with Gasteiger partial charge in [0.2, 0.25) is 0 Å². The Balaban J connectivity index is 2.72. The number of allylic oxidation sites excluding steroid dienone is 1. The van der Waals surface area contributed by atoms with Gasteiger partial charge < -0.3 is 5.11 Å². The van der Waals surface area contributed by atoms with Crippen molar-refractivity contribution in [1.29, 1.82) is 0 Å². The van der Waals surface area contributed by atoms with Crippen LogP contribution in [0.3, 0.4) is 0 Å². The van der Waals surface area contributed by atoms with Crippen LogP contribution >= 0.6 is 0 Å². The molecule has 0 saturated heterocycles. The standard InChI is InChI=1S/C10H10O/c1-9(11)7-8-10-5-3-2-4-6-10/h2-8,11H,1H2. The Morgan fingerprint density at radius 2 is 1.91 bits per heavy atom. The van der Waals surface area contributed by atoms with Gasteiger partial charge in [-0.05, 0) is 11.6 Å². The Hall–Kier alpha value is -1.50. The van der Waals surface area contributed by atoms with Crippen LogP contribution in [0, 0.1) is 0 Å². The average Bonchev–Trinajstić information content (AvgIpc) is 2.03. The molecule has 0 saturated carbocycles. The Labute approximate surface area is 66.3 Å². The van der Waals surface area contributed by atoms with Gasteiger partial charge in [0.15, 0.2) is 0 Å². The van der Waals surface area contributed by atoms with Crippen molar-refractivity contribution in [2.24, 2.45) is 0 Å². The van der Waals surface area contributed by atoms with E-state index < -0.39 is 0 Å². The van der Waals surface area contributed by atoms with Crippen molar-refractivity contribution in [2.45, 2.75) is 0 Å². The zero-order valence-electron chi connectivity index (χ0n) is 6.20. The lowest BCUT2D eigenvalue weighted by Crippen LogP contribution is -1.70. The Kier molecular flexibility index (Phi) is 2.50. The molecule has 1 N–H and O–H groups in total. The third-order valence-corrected chi connectivity index (χ3v) is 1.27. The molecule has 11 heavy (non-hydrogen) atoms. The van der Waals surface area contributed by atoms with Crippen molar-refractivity contribution in [1.82, 2.24) is 0 Å². The van der Waals surface area contributed by atoms with E-state index in [9.17, 15) is 0 Å². The lowest BCUT2D eigenvalue weighted by molar-refractivity contribution is 0.436. The smallest absolute Gasteiger partial charge is 0.108 e. The molecular formula is C10H10O. The highest BCUT2D eigenvalue weighted by Gasteiger charge is 1.81. The summed E-state index contributed by atoms with van der Waals surface area (Å²) in [5, 5.41) is 8.73. The van der Waals surface area contributed by atoms with Crippen LogP contribution in [0.25, 0.3) is 6.08 Å². The van der Waals surface area contributed by atoms with Gasteiger partial charge >= 0.3 is 0 Å². The lowest BCUT2D eigenvalue weighted by atomic mass is 10.2. The molecule has 0 bridgehead atoms. The normalized spacial score (nSPS) is 10.2. The molecule has 0 atom stereocenters. The van der Waals surface area contributed by atoms with Gasteiger partial charge in [0, 0.05) is 0 Å². The minimum Gasteiger partial charge on any atom is -0.509 e. The predicted octanol–water partition coefficient (Wildman–Crippen LogP) is 2.77. The lowest BCUT2D eigenvalue weighted by Gasteiger charge is -1.89. The maximum Gasteiger partial charge on any atom is 0.108 e. The minimum absolute atomic E-state index is 0.0776. The van der Waals surface area contributed by atoms with Gasteiger partial charge in [0.25, 0.3) is 0 Å². The van der Waals surface area contributed by atoms with Gasteiger partial charge in [0.05, 0.1) is 0 Å².